The Bertz CT molecular complexity index is 470. The van der Waals surface area contributed by atoms with Crippen molar-refractivity contribution in [1.82, 2.24) is 4.72 Å². The predicted molar refractivity (Wildman–Crippen MR) is 81.1 cm³/mol. The molecule has 0 saturated heterocycles. The molecule has 0 radical (unpaired) electrons. The van der Waals surface area contributed by atoms with Gasteiger partial charge in [-0.25, -0.2) is 13.1 Å². The molecule has 1 heterocycles. The first-order chi connectivity index (χ1) is 8.39. The van der Waals surface area contributed by atoms with Crippen LogP contribution in [0.2, 0.25) is 0 Å². The number of rotatable bonds is 7. The van der Waals surface area contributed by atoms with Gasteiger partial charge in [0.25, 0.3) is 0 Å². The molecule has 0 amide bonds. The van der Waals surface area contributed by atoms with Gasteiger partial charge in [0.1, 0.15) is 4.21 Å². The molecule has 0 bridgehead atoms. The molecule has 3 nitrogen and oxygen atoms in total. The van der Waals surface area contributed by atoms with Gasteiger partial charge in [-0.15, -0.1) is 11.3 Å². The van der Waals surface area contributed by atoms with Crippen molar-refractivity contribution in [3.8, 4) is 0 Å². The molecule has 0 fully saturated rings. The highest BCUT2D eigenvalue weighted by atomic mass is 79.9. The zero-order chi connectivity index (χ0) is 13.8. The Morgan fingerprint density at radius 2 is 1.94 bits per heavy atom. The SMILES string of the molecule is CCC(CC)(CBr)CNS(=O)(=O)c1ccc(C)s1. The van der Waals surface area contributed by atoms with Crippen molar-refractivity contribution in [2.24, 2.45) is 5.41 Å². The van der Waals surface area contributed by atoms with E-state index in [1.807, 2.05) is 13.0 Å². The van der Waals surface area contributed by atoms with E-state index in [-0.39, 0.29) is 5.41 Å². The van der Waals surface area contributed by atoms with E-state index in [2.05, 4.69) is 34.5 Å². The molecule has 6 heteroatoms. The summed E-state index contributed by atoms with van der Waals surface area (Å²) in [4.78, 5) is 1.01. The third-order valence-electron chi connectivity index (χ3n) is 3.40. The summed E-state index contributed by atoms with van der Waals surface area (Å²) in [5.74, 6) is 0. The summed E-state index contributed by atoms with van der Waals surface area (Å²) in [6.07, 6.45) is 1.89. The molecule has 0 unspecified atom stereocenters. The second kappa shape index (κ2) is 6.50. The molecule has 1 N–H and O–H groups in total. The van der Waals surface area contributed by atoms with Crippen LogP contribution >= 0.6 is 27.3 Å². The normalized spacial score (nSPS) is 12.9. The molecule has 1 rings (SSSR count). The fourth-order valence-corrected chi connectivity index (χ4v) is 5.09. The van der Waals surface area contributed by atoms with E-state index in [0.29, 0.717) is 10.8 Å². The van der Waals surface area contributed by atoms with E-state index in [1.54, 1.807) is 6.07 Å². The summed E-state index contributed by atoms with van der Waals surface area (Å²) in [6.45, 7) is 6.57. The van der Waals surface area contributed by atoms with Crippen LogP contribution in [0.3, 0.4) is 0 Å². The molecular weight excluding hydrogens is 334 g/mol. The summed E-state index contributed by atoms with van der Waals surface area (Å²) in [5, 5.41) is 0.805. The number of thiophene rings is 1. The topological polar surface area (TPSA) is 46.2 Å². The van der Waals surface area contributed by atoms with Crippen LogP contribution in [-0.2, 0) is 10.0 Å². The number of hydrogen-bond donors (Lipinski definition) is 1. The molecule has 0 saturated carbocycles. The van der Waals surface area contributed by atoms with Crippen molar-refractivity contribution in [3.63, 3.8) is 0 Å². The molecule has 1 aromatic heterocycles. The van der Waals surface area contributed by atoms with Crippen LogP contribution in [0.4, 0.5) is 0 Å². The number of sulfonamides is 1. The van der Waals surface area contributed by atoms with E-state index in [0.717, 1.165) is 23.0 Å². The molecule has 0 spiro atoms. The highest BCUT2D eigenvalue weighted by Gasteiger charge is 2.27. The monoisotopic (exact) mass is 353 g/mol. The summed E-state index contributed by atoms with van der Waals surface area (Å²) in [5.41, 5.74) is -0.000621. The number of aryl methyl sites for hydroxylation is 1. The maximum atomic E-state index is 12.1. The van der Waals surface area contributed by atoms with Crippen LogP contribution in [-0.4, -0.2) is 20.3 Å². The summed E-state index contributed by atoms with van der Waals surface area (Å²) < 4.78 is 27.4. The van der Waals surface area contributed by atoms with Gasteiger partial charge in [-0.05, 0) is 37.3 Å². The van der Waals surface area contributed by atoms with E-state index in [1.165, 1.54) is 11.3 Å². The first-order valence-corrected chi connectivity index (χ1v) is 9.43. The second-order valence-electron chi connectivity index (χ2n) is 4.53. The lowest BCUT2D eigenvalue weighted by atomic mass is 9.85. The molecular formula is C12H20BrNO2S2. The fraction of sp³-hybridized carbons (Fsp3) is 0.667. The van der Waals surface area contributed by atoms with Crippen LogP contribution < -0.4 is 4.72 Å². The van der Waals surface area contributed by atoms with Gasteiger partial charge in [0.05, 0.1) is 0 Å². The van der Waals surface area contributed by atoms with Gasteiger partial charge in [-0.1, -0.05) is 29.8 Å². The third-order valence-corrected chi connectivity index (χ3v) is 7.48. The van der Waals surface area contributed by atoms with Crippen molar-refractivity contribution in [3.05, 3.63) is 17.0 Å². The Labute approximate surface area is 122 Å². The second-order valence-corrected chi connectivity index (χ2v) is 8.37. The standard InChI is InChI=1S/C12H20BrNO2S2/c1-4-12(5-2,8-13)9-14-18(15,16)11-7-6-10(3)17-11/h6-7,14H,4-5,8-9H2,1-3H3. The van der Waals surface area contributed by atoms with Gasteiger partial charge in [-0.3, -0.25) is 0 Å². The van der Waals surface area contributed by atoms with Crippen molar-refractivity contribution < 1.29 is 8.42 Å². The lowest BCUT2D eigenvalue weighted by Gasteiger charge is -2.29. The van der Waals surface area contributed by atoms with Crippen LogP contribution in [0.25, 0.3) is 0 Å². The Morgan fingerprint density at radius 3 is 2.33 bits per heavy atom. The Balaban J connectivity index is 2.79. The van der Waals surface area contributed by atoms with Crippen LogP contribution in [0.1, 0.15) is 31.6 Å². The van der Waals surface area contributed by atoms with Crippen molar-refractivity contribution in [2.45, 2.75) is 37.8 Å². The largest absolute Gasteiger partial charge is 0.250 e. The van der Waals surface area contributed by atoms with Crippen molar-refractivity contribution >= 4 is 37.3 Å². The van der Waals surface area contributed by atoms with E-state index >= 15 is 0 Å². The third kappa shape index (κ3) is 3.79. The Hall–Kier alpha value is 0.0900. The molecule has 0 aliphatic carbocycles. The average Bonchev–Trinajstić information content (AvgIpc) is 2.79. The van der Waals surface area contributed by atoms with Gasteiger partial charge in [0, 0.05) is 16.8 Å². The van der Waals surface area contributed by atoms with Crippen LogP contribution in [0.15, 0.2) is 16.3 Å². The average molecular weight is 354 g/mol. The zero-order valence-electron chi connectivity index (χ0n) is 11.0. The zero-order valence-corrected chi connectivity index (χ0v) is 14.2. The van der Waals surface area contributed by atoms with Gasteiger partial charge in [-0.2, -0.15) is 0 Å². The highest BCUT2D eigenvalue weighted by Crippen LogP contribution is 2.29. The minimum atomic E-state index is -3.36. The smallest absolute Gasteiger partial charge is 0.210 e. The fourth-order valence-electron chi connectivity index (χ4n) is 1.61. The van der Waals surface area contributed by atoms with Gasteiger partial charge >= 0.3 is 0 Å². The van der Waals surface area contributed by atoms with Gasteiger partial charge < -0.3 is 0 Å². The first kappa shape index (κ1) is 16.1. The minimum Gasteiger partial charge on any atom is -0.210 e. The van der Waals surface area contributed by atoms with Crippen LogP contribution in [0, 0.1) is 12.3 Å². The number of nitrogens with one attached hydrogen (secondary N) is 1. The Morgan fingerprint density at radius 1 is 1.33 bits per heavy atom. The predicted octanol–water partition coefficient (Wildman–Crippen LogP) is 3.54. The lowest BCUT2D eigenvalue weighted by Crippen LogP contribution is -2.37. The number of halogens is 1. The quantitative estimate of drug-likeness (QED) is 0.762. The molecule has 0 aliphatic heterocycles. The lowest BCUT2D eigenvalue weighted by molar-refractivity contribution is 0.310. The van der Waals surface area contributed by atoms with Crippen molar-refractivity contribution in [1.29, 1.82) is 0 Å². The number of alkyl halides is 1. The maximum absolute atomic E-state index is 12.1. The van der Waals surface area contributed by atoms with Gasteiger partial charge in [0.2, 0.25) is 10.0 Å². The molecule has 0 atom stereocenters. The van der Waals surface area contributed by atoms with E-state index < -0.39 is 10.0 Å². The number of hydrogen-bond acceptors (Lipinski definition) is 3. The highest BCUT2D eigenvalue weighted by molar-refractivity contribution is 9.09. The molecule has 0 aromatic carbocycles. The summed E-state index contributed by atoms with van der Waals surface area (Å²) in [6, 6.07) is 3.49. The summed E-state index contributed by atoms with van der Waals surface area (Å²) >= 11 is 4.80. The molecule has 104 valence electrons. The molecule has 0 aliphatic rings. The molecule has 1 aromatic rings. The molecule has 18 heavy (non-hydrogen) atoms. The van der Waals surface area contributed by atoms with E-state index in [4.69, 9.17) is 0 Å². The maximum Gasteiger partial charge on any atom is 0.250 e. The Kier molecular flexibility index (Phi) is 5.83. The minimum absolute atomic E-state index is 0.000621. The van der Waals surface area contributed by atoms with E-state index in [9.17, 15) is 8.42 Å². The first-order valence-electron chi connectivity index (χ1n) is 6.01. The summed E-state index contributed by atoms with van der Waals surface area (Å²) in [7, 11) is -3.36. The van der Waals surface area contributed by atoms with Crippen molar-refractivity contribution in [2.75, 3.05) is 11.9 Å². The van der Waals surface area contributed by atoms with Crippen LogP contribution in [0.5, 0.6) is 0 Å². The van der Waals surface area contributed by atoms with Gasteiger partial charge in [0.15, 0.2) is 0 Å².